The molecule has 0 atom stereocenters. The first-order valence-corrected chi connectivity index (χ1v) is 4.89. The zero-order valence-corrected chi connectivity index (χ0v) is 8.76. The second kappa shape index (κ2) is 4.25. The van der Waals surface area contributed by atoms with E-state index >= 15 is 0 Å². The number of hydrogen-bond donors (Lipinski definition) is 0. The number of benzene rings is 1. The number of ketones is 1. The van der Waals surface area contributed by atoms with Crippen molar-refractivity contribution in [3.05, 3.63) is 22.7 Å². The van der Waals surface area contributed by atoms with Gasteiger partial charge >= 0.3 is 6.43 Å². The maximum Gasteiger partial charge on any atom is 0.300 e. The molecule has 3 nitrogen and oxygen atoms in total. The molecule has 16 heavy (non-hydrogen) atoms. The van der Waals surface area contributed by atoms with Gasteiger partial charge in [-0.1, -0.05) is 11.6 Å². The van der Waals surface area contributed by atoms with Crippen LogP contribution in [0.15, 0.2) is 12.1 Å². The first-order valence-electron chi connectivity index (χ1n) is 4.51. The van der Waals surface area contributed by atoms with Crippen LogP contribution in [0.1, 0.15) is 10.4 Å². The van der Waals surface area contributed by atoms with Crippen LogP contribution in [0.5, 0.6) is 11.5 Å². The number of rotatable bonds is 2. The van der Waals surface area contributed by atoms with Gasteiger partial charge < -0.3 is 9.47 Å². The Morgan fingerprint density at radius 3 is 2.69 bits per heavy atom. The minimum absolute atomic E-state index is 0.00375. The van der Waals surface area contributed by atoms with Crippen molar-refractivity contribution in [2.24, 2.45) is 0 Å². The largest absolute Gasteiger partial charge is 0.486 e. The monoisotopic (exact) mass is 248 g/mol. The van der Waals surface area contributed by atoms with Gasteiger partial charge in [0.2, 0.25) is 5.78 Å². The Labute approximate surface area is 94.9 Å². The summed E-state index contributed by atoms with van der Waals surface area (Å²) in [6.07, 6.45) is -3.12. The van der Waals surface area contributed by atoms with E-state index in [0.29, 0.717) is 6.61 Å². The molecule has 0 spiro atoms. The topological polar surface area (TPSA) is 35.5 Å². The summed E-state index contributed by atoms with van der Waals surface area (Å²) < 4.78 is 35.0. The highest BCUT2D eigenvalue weighted by molar-refractivity contribution is 6.34. The highest BCUT2D eigenvalue weighted by Crippen LogP contribution is 2.38. The molecule has 0 aromatic heterocycles. The van der Waals surface area contributed by atoms with Crippen LogP contribution in [0.3, 0.4) is 0 Å². The minimum Gasteiger partial charge on any atom is -0.486 e. The summed E-state index contributed by atoms with van der Waals surface area (Å²) in [5, 5.41) is -0.0606. The van der Waals surface area contributed by atoms with Gasteiger partial charge in [0, 0.05) is 0 Å². The SMILES string of the molecule is O=C(c1c(Cl)ccc2c1OCCO2)C(F)F. The second-order valence-electron chi connectivity index (χ2n) is 3.11. The van der Waals surface area contributed by atoms with Crippen molar-refractivity contribution >= 4 is 17.4 Å². The number of Topliss-reactive ketones (excluding diaryl/α,β-unsaturated/α-hetero) is 1. The molecule has 1 aliphatic heterocycles. The number of halogens is 3. The van der Waals surface area contributed by atoms with Crippen molar-refractivity contribution in [1.82, 2.24) is 0 Å². The molecule has 1 aliphatic rings. The van der Waals surface area contributed by atoms with Crippen LogP contribution < -0.4 is 9.47 Å². The maximum absolute atomic E-state index is 12.4. The Hall–Kier alpha value is -1.36. The third kappa shape index (κ3) is 1.82. The molecule has 0 N–H and O–H groups in total. The number of carbonyl (C=O) groups excluding carboxylic acids is 1. The fourth-order valence-electron chi connectivity index (χ4n) is 1.43. The van der Waals surface area contributed by atoms with E-state index in [1.54, 1.807) is 0 Å². The lowest BCUT2D eigenvalue weighted by molar-refractivity contribution is 0.0669. The lowest BCUT2D eigenvalue weighted by Crippen LogP contribution is -2.20. The van der Waals surface area contributed by atoms with E-state index in [-0.39, 0.29) is 28.7 Å². The third-order valence-electron chi connectivity index (χ3n) is 2.10. The van der Waals surface area contributed by atoms with Crippen LogP contribution in [-0.2, 0) is 0 Å². The number of alkyl halides is 2. The van der Waals surface area contributed by atoms with Gasteiger partial charge in [0.05, 0.1) is 10.6 Å². The highest BCUT2D eigenvalue weighted by atomic mass is 35.5. The van der Waals surface area contributed by atoms with E-state index in [1.165, 1.54) is 12.1 Å². The van der Waals surface area contributed by atoms with Gasteiger partial charge in [0.25, 0.3) is 0 Å². The summed E-state index contributed by atoms with van der Waals surface area (Å²) in [5.41, 5.74) is -0.311. The fourth-order valence-corrected chi connectivity index (χ4v) is 1.67. The minimum atomic E-state index is -3.12. The van der Waals surface area contributed by atoms with Gasteiger partial charge in [-0.25, -0.2) is 8.78 Å². The van der Waals surface area contributed by atoms with Crippen molar-refractivity contribution in [3.63, 3.8) is 0 Å². The van der Waals surface area contributed by atoms with Crippen molar-refractivity contribution in [2.75, 3.05) is 13.2 Å². The molecule has 86 valence electrons. The van der Waals surface area contributed by atoms with Crippen LogP contribution in [-0.4, -0.2) is 25.4 Å². The van der Waals surface area contributed by atoms with Crippen molar-refractivity contribution in [2.45, 2.75) is 6.43 Å². The van der Waals surface area contributed by atoms with E-state index in [9.17, 15) is 13.6 Å². The third-order valence-corrected chi connectivity index (χ3v) is 2.42. The maximum atomic E-state index is 12.4. The Morgan fingerprint density at radius 1 is 1.31 bits per heavy atom. The van der Waals surface area contributed by atoms with E-state index < -0.39 is 12.2 Å². The Bertz CT molecular complexity index is 434. The number of fused-ring (bicyclic) bond motifs is 1. The number of hydrogen-bond acceptors (Lipinski definition) is 3. The number of ether oxygens (including phenoxy) is 2. The van der Waals surface area contributed by atoms with Crippen molar-refractivity contribution in [1.29, 1.82) is 0 Å². The Balaban J connectivity index is 2.54. The van der Waals surface area contributed by atoms with Gasteiger partial charge in [0.1, 0.15) is 13.2 Å². The lowest BCUT2D eigenvalue weighted by Gasteiger charge is -2.21. The van der Waals surface area contributed by atoms with E-state index in [1.807, 2.05) is 0 Å². The molecule has 0 bridgehead atoms. The van der Waals surface area contributed by atoms with E-state index in [2.05, 4.69) is 0 Å². The summed E-state index contributed by atoms with van der Waals surface area (Å²) in [6, 6.07) is 2.82. The molecule has 0 amide bonds. The summed E-state index contributed by atoms with van der Waals surface area (Å²) in [5.74, 6) is -1.09. The lowest BCUT2D eigenvalue weighted by atomic mass is 10.1. The van der Waals surface area contributed by atoms with Gasteiger partial charge in [-0.3, -0.25) is 4.79 Å². The molecular weight excluding hydrogens is 242 g/mol. The molecule has 2 rings (SSSR count). The Kier molecular flexibility index (Phi) is 2.96. The summed E-state index contributed by atoms with van der Waals surface area (Å²) in [6.45, 7) is 0.522. The van der Waals surface area contributed by atoms with Crippen molar-refractivity contribution < 1.29 is 23.0 Å². The van der Waals surface area contributed by atoms with Gasteiger partial charge in [-0.2, -0.15) is 0 Å². The van der Waals surface area contributed by atoms with Crippen LogP contribution in [0.25, 0.3) is 0 Å². The average Bonchev–Trinajstić information content (AvgIpc) is 2.28. The molecule has 0 radical (unpaired) electrons. The number of carbonyl (C=O) groups is 1. The normalized spacial score (nSPS) is 14.0. The molecule has 0 fully saturated rings. The molecule has 6 heteroatoms. The predicted octanol–water partition coefficient (Wildman–Crippen LogP) is 2.56. The zero-order chi connectivity index (χ0) is 11.7. The first-order chi connectivity index (χ1) is 7.61. The summed E-state index contributed by atoms with van der Waals surface area (Å²) in [7, 11) is 0. The Morgan fingerprint density at radius 2 is 2.00 bits per heavy atom. The molecule has 1 aromatic rings. The predicted molar refractivity (Wildman–Crippen MR) is 52.8 cm³/mol. The molecule has 1 aromatic carbocycles. The van der Waals surface area contributed by atoms with Gasteiger partial charge in [-0.15, -0.1) is 0 Å². The van der Waals surface area contributed by atoms with Crippen molar-refractivity contribution in [3.8, 4) is 11.5 Å². The van der Waals surface area contributed by atoms with Crippen LogP contribution >= 0.6 is 11.6 Å². The van der Waals surface area contributed by atoms with Crippen LogP contribution in [0.2, 0.25) is 5.02 Å². The fraction of sp³-hybridized carbons (Fsp3) is 0.300. The quantitative estimate of drug-likeness (QED) is 0.755. The first kappa shape index (κ1) is 11.1. The molecule has 0 unspecified atom stereocenters. The molecule has 0 saturated carbocycles. The molecule has 0 aliphatic carbocycles. The van der Waals surface area contributed by atoms with Crippen LogP contribution in [0.4, 0.5) is 8.78 Å². The molecule has 1 heterocycles. The van der Waals surface area contributed by atoms with E-state index in [4.69, 9.17) is 21.1 Å². The van der Waals surface area contributed by atoms with E-state index in [0.717, 1.165) is 0 Å². The zero-order valence-electron chi connectivity index (χ0n) is 8.00. The van der Waals surface area contributed by atoms with Gasteiger partial charge in [0.15, 0.2) is 11.5 Å². The summed E-state index contributed by atoms with van der Waals surface area (Å²) >= 11 is 5.71. The standard InChI is InChI=1S/C10H7ClF2O3/c11-5-1-2-6-9(16-4-3-15-6)7(5)8(14)10(12)13/h1-2,10H,3-4H2. The molecular formula is C10H7ClF2O3. The van der Waals surface area contributed by atoms with Gasteiger partial charge in [-0.05, 0) is 12.1 Å². The average molecular weight is 249 g/mol. The molecule has 0 saturated heterocycles. The van der Waals surface area contributed by atoms with Crippen LogP contribution in [0, 0.1) is 0 Å². The smallest absolute Gasteiger partial charge is 0.300 e. The summed E-state index contributed by atoms with van der Waals surface area (Å²) in [4.78, 5) is 11.3. The second-order valence-corrected chi connectivity index (χ2v) is 3.52. The highest BCUT2D eigenvalue weighted by Gasteiger charge is 2.28.